The number of piperazine rings is 1. The van der Waals surface area contributed by atoms with Crippen LogP contribution in [0.15, 0.2) is 24.3 Å². The third-order valence-corrected chi connectivity index (χ3v) is 4.01. The first-order valence-electron chi connectivity index (χ1n) is 7.95. The van der Waals surface area contributed by atoms with E-state index < -0.39 is 6.10 Å². The predicted molar refractivity (Wildman–Crippen MR) is 86.0 cm³/mol. The van der Waals surface area contributed by atoms with Crippen molar-refractivity contribution in [2.75, 3.05) is 39.3 Å². The van der Waals surface area contributed by atoms with E-state index in [4.69, 9.17) is 4.74 Å². The smallest absolute Gasteiger partial charge is 0.251 e. The first-order valence-corrected chi connectivity index (χ1v) is 7.95. The van der Waals surface area contributed by atoms with Crippen LogP contribution in [0.25, 0.3) is 0 Å². The Kier molecular flexibility index (Phi) is 6.21. The van der Waals surface area contributed by atoms with Crippen molar-refractivity contribution in [1.82, 2.24) is 9.80 Å². The van der Waals surface area contributed by atoms with Gasteiger partial charge in [0.1, 0.15) is 11.9 Å². The van der Waals surface area contributed by atoms with Gasteiger partial charge in [-0.15, -0.1) is 0 Å². The van der Waals surface area contributed by atoms with Crippen LogP contribution in [0, 0.1) is 6.92 Å². The number of hydrogen-bond acceptors (Lipinski definition) is 4. The summed E-state index contributed by atoms with van der Waals surface area (Å²) in [6, 6.07) is 8.04. The monoisotopic (exact) mass is 306 g/mol. The van der Waals surface area contributed by atoms with Gasteiger partial charge in [0.15, 0.2) is 0 Å². The Morgan fingerprint density at radius 1 is 1.27 bits per heavy atom. The van der Waals surface area contributed by atoms with Gasteiger partial charge >= 0.3 is 0 Å². The van der Waals surface area contributed by atoms with Crippen LogP contribution in [-0.2, 0) is 4.79 Å². The summed E-state index contributed by atoms with van der Waals surface area (Å²) in [6.45, 7) is 8.38. The minimum absolute atomic E-state index is 0.164. The molecule has 1 atom stereocenters. The van der Waals surface area contributed by atoms with Gasteiger partial charge in [-0.3, -0.25) is 9.69 Å². The summed E-state index contributed by atoms with van der Waals surface area (Å²) < 4.78 is 5.79. The van der Waals surface area contributed by atoms with Crippen LogP contribution in [0.2, 0.25) is 0 Å². The van der Waals surface area contributed by atoms with Gasteiger partial charge in [-0.25, -0.2) is 0 Å². The lowest BCUT2D eigenvalue weighted by Crippen LogP contribution is -2.51. The topological polar surface area (TPSA) is 53.0 Å². The standard InChI is InChI=1S/C17H26N2O3/c1-14-6-3-4-7-16(14)22-13-5-8-18-9-11-19(12-10-18)17(21)15(2)20/h3-4,6-7,15,20H,5,8-13H2,1-2H3. The third-order valence-electron chi connectivity index (χ3n) is 4.01. The van der Waals surface area contributed by atoms with Crippen molar-refractivity contribution in [3.8, 4) is 5.75 Å². The van der Waals surface area contributed by atoms with Gasteiger partial charge in [-0.2, -0.15) is 0 Å². The lowest BCUT2D eigenvalue weighted by atomic mass is 10.2. The summed E-state index contributed by atoms with van der Waals surface area (Å²) in [6.07, 6.45) is 0.0765. The molecule has 2 rings (SSSR count). The van der Waals surface area contributed by atoms with Gasteiger partial charge in [0, 0.05) is 32.7 Å². The van der Waals surface area contributed by atoms with Gasteiger partial charge in [0.25, 0.3) is 5.91 Å². The van der Waals surface area contributed by atoms with Crippen LogP contribution in [0.1, 0.15) is 18.9 Å². The molecule has 5 heteroatoms. The van der Waals surface area contributed by atoms with Crippen LogP contribution in [0.5, 0.6) is 5.75 Å². The molecule has 122 valence electrons. The average Bonchev–Trinajstić information content (AvgIpc) is 2.53. The van der Waals surface area contributed by atoms with Crippen molar-refractivity contribution in [2.24, 2.45) is 0 Å². The molecule has 1 N–H and O–H groups in total. The van der Waals surface area contributed by atoms with E-state index in [0.29, 0.717) is 19.7 Å². The van der Waals surface area contributed by atoms with Crippen molar-refractivity contribution >= 4 is 5.91 Å². The highest BCUT2D eigenvalue weighted by Crippen LogP contribution is 2.16. The number of nitrogens with zero attached hydrogens (tertiary/aromatic N) is 2. The Morgan fingerprint density at radius 2 is 1.95 bits per heavy atom. The maximum absolute atomic E-state index is 11.7. The van der Waals surface area contributed by atoms with Gasteiger partial charge < -0.3 is 14.7 Å². The maximum Gasteiger partial charge on any atom is 0.251 e. The quantitative estimate of drug-likeness (QED) is 0.805. The molecule has 1 aliphatic rings. The zero-order valence-electron chi connectivity index (χ0n) is 13.5. The minimum atomic E-state index is -0.894. The number of benzene rings is 1. The van der Waals surface area contributed by atoms with Crippen molar-refractivity contribution in [3.05, 3.63) is 29.8 Å². The number of aliphatic hydroxyl groups is 1. The van der Waals surface area contributed by atoms with E-state index in [1.165, 1.54) is 6.92 Å². The molecule has 0 bridgehead atoms. The molecular weight excluding hydrogens is 280 g/mol. The van der Waals surface area contributed by atoms with E-state index >= 15 is 0 Å². The Bertz CT molecular complexity index is 483. The largest absolute Gasteiger partial charge is 0.493 e. The van der Waals surface area contributed by atoms with Crippen molar-refractivity contribution in [3.63, 3.8) is 0 Å². The van der Waals surface area contributed by atoms with Gasteiger partial charge in [0.2, 0.25) is 0 Å². The zero-order chi connectivity index (χ0) is 15.9. The Balaban J connectivity index is 1.63. The van der Waals surface area contributed by atoms with E-state index in [-0.39, 0.29) is 5.91 Å². The lowest BCUT2D eigenvalue weighted by Gasteiger charge is -2.35. The summed E-state index contributed by atoms with van der Waals surface area (Å²) in [5.74, 6) is 0.789. The molecule has 0 spiro atoms. The van der Waals surface area contributed by atoms with Crippen molar-refractivity contribution in [2.45, 2.75) is 26.4 Å². The van der Waals surface area contributed by atoms with E-state index in [1.54, 1.807) is 4.90 Å². The molecule has 1 aromatic carbocycles. The summed E-state index contributed by atoms with van der Waals surface area (Å²) in [4.78, 5) is 15.8. The summed E-state index contributed by atoms with van der Waals surface area (Å²) in [5.41, 5.74) is 1.16. The molecule has 0 radical (unpaired) electrons. The van der Waals surface area contributed by atoms with Crippen LogP contribution in [0.4, 0.5) is 0 Å². The molecule has 1 amide bonds. The number of rotatable bonds is 6. The fraction of sp³-hybridized carbons (Fsp3) is 0.588. The molecule has 1 unspecified atom stereocenters. The van der Waals surface area contributed by atoms with Gasteiger partial charge in [-0.05, 0) is 31.9 Å². The van der Waals surface area contributed by atoms with Crippen LogP contribution in [-0.4, -0.2) is 66.2 Å². The molecule has 1 saturated heterocycles. The van der Waals surface area contributed by atoms with E-state index in [2.05, 4.69) is 4.90 Å². The first-order chi connectivity index (χ1) is 10.6. The number of aryl methyl sites for hydroxylation is 1. The normalized spacial score (nSPS) is 17.3. The number of ether oxygens (including phenoxy) is 1. The second-order valence-electron chi connectivity index (χ2n) is 5.81. The molecule has 0 aliphatic carbocycles. The fourth-order valence-electron chi connectivity index (χ4n) is 2.64. The number of aliphatic hydroxyl groups excluding tert-OH is 1. The predicted octanol–water partition coefficient (Wildman–Crippen LogP) is 1.29. The Morgan fingerprint density at radius 3 is 2.59 bits per heavy atom. The third kappa shape index (κ3) is 4.71. The highest BCUT2D eigenvalue weighted by atomic mass is 16.5. The molecule has 1 fully saturated rings. The Labute approximate surface area is 132 Å². The average molecular weight is 306 g/mol. The number of carbonyl (C=O) groups is 1. The minimum Gasteiger partial charge on any atom is -0.493 e. The molecule has 1 heterocycles. The van der Waals surface area contributed by atoms with Crippen molar-refractivity contribution in [1.29, 1.82) is 0 Å². The fourth-order valence-corrected chi connectivity index (χ4v) is 2.64. The zero-order valence-corrected chi connectivity index (χ0v) is 13.5. The van der Waals surface area contributed by atoms with E-state index in [0.717, 1.165) is 37.4 Å². The lowest BCUT2D eigenvalue weighted by molar-refractivity contribution is -0.141. The second kappa shape index (κ2) is 8.15. The molecule has 1 aliphatic heterocycles. The molecule has 1 aromatic rings. The number of carbonyl (C=O) groups excluding carboxylic acids is 1. The van der Waals surface area contributed by atoms with Crippen LogP contribution >= 0.6 is 0 Å². The molecule has 0 aromatic heterocycles. The maximum atomic E-state index is 11.7. The first kappa shape index (κ1) is 16.8. The summed E-state index contributed by atoms with van der Waals surface area (Å²) in [5, 5.41) is 9.32. The van der Waals surface area contributed by atoms with Crippen molar-refractivity contribution < 1.29 is 14.6 Å². The molecular formula is C17H26N2O3. The number of hydrogen-bond donors (Lipinski definition) is 1. The number of amides is 1. The highest BCUT2D eigenvalue weighted by Gasteiger charge is 2.23. The molecule has 22 heavy (non-hydrogen) atoms. The number of para-hydroxylation sites is 1. The van der Waals surface area contributed by atoms with Gasteiger partial charge in [0.05, 0.1) is 6.61 Å². The molecule has 0 saturated carbocycles. The summed E-state index contributed by atoms with van der Waals surface area (Å²) >= 11 is 0. The highest BCUT2D eigenvalue weighted by molar-refractivity contribution is 5.80. The second-order valence-corrected chi connectivity index (χ2v) is 5.81. The van der Waals surface area contributed by atoms with E-state index in [1.807, 2.05) is 31.2 Å². The van der Waals surface area contributed by atoms with Gasteiger partial charge in [-0.1, -0.05) is 18.2 Å². The van der Waals surface area contributed by atoms with Crippen LogP contribution < -0.4 is 4.74 Å². The summed E-state index contributed by atoms with van der Waals surface area (Å²) in [7, 11) is 0. The Hall–Kier alpha value is -1.59. The molecule has 5 nitrogen and oxygen atoms in total. The SMILES string of the molecule is Cc1ccccc1OCCCN1CCN(C(=O)C(C)O)CC1. The van der Waals surface area contributed by atoms with E-state index in [9.17, 15) is 9.90 Å². The van der Waals surface area contributed by atoms with Crippen LogP contribution in [0.3, 0.4) is 0 Å².